The quantitative estimate of drug-likeness (QED) is 0.691. The lowest BCUT2D eigenvalue weighted by Crippen LogP contribution is -2.11. The van der Waals surface area contributed by atoms with Gasteiger partial charge in [0.05, 0.1) is 6.10 Å². The van der Waals surface area contributed by atoms with Crippen LogP contribution < -0.4 is 5.32 Å². The first-order valence-corrected chi connectivity index (χ1v) is 6.08. The second kappa shape index (κ2) is 5.63. The fraction of sp³-hybridized carbons (Fsp3) is 0.133. The zero-order chi connectivity index (χ0) is 14.7. The highest BCUT2D eigenvalue weighted by Crippen LogP contribution is 2.22. The van der Waals surface area contributed by atoms with Crippen LogP contribution in [0.25, 0.3) is 0 Å². The summed E-state index contributed by atoms with van der Waals surface area (Å²) in [6.45, 7) is 1.66. The van der Waals surface area contributed by atoms with Crippen molar-refractivity contribution >= 4 is 11.6 Å². The molecule has 0 aliphatic rings. The number of hydrogen-bond acceptors (Lipinski definition) is 4. The summed E-state index contributed by atoms with van der Waals surface area (Å²) in [6, 6.07) is 10.4. The molecule has 2 aromatic rings. The summed E-state index contributed by atoms with van der Waals surface area (Å²) in [5.74, 6) is -0.805. The summed E-state index contributed by atoms with van der Waals surface area (Å²) in [7, 11) is 0. The van der Waals surface area contributed by atoms with Crippen LogP contribution >= 0.6 is 0 Å². The Bertz CT molecular complexity index is 600. The first-order valence-electron chi connectivity index (χ1n) is 6.08. The lowest BCUT2D eigenvalue weighted by Gasteiger charge is -2.08. The number of nitrogens with one attached hydrogen (secondary N) is 1. The highest BCUT2D eigenvalue weighted by atomic mass is 16.3. The third-order valence-corrected chi connectivity index (χ3v) is 2.82. The molecule has 0 aromatic heterocycles. The number of anilines is 1. The maximum absolute atomic E-state index is 12.0. The van der Waals surface area contributed by atoms with Crippen molar-refractivity contribution in [3.8, 4) is 11.5 Å². The number of phenolic OH excluding ortho intramolecular Hbond substituents is 2. The Hall–Kier alpha value is -2.53. The van der Waals surface area contributed by atoms with E-state index in [0.717, 1.165) is 11.6 Å². The Balaban J connectivity index is 2.14. The van der Waals surface area contributed by atoms with Gasteiger partial charge < -0.3 is 20.6 Å². The smallest absolute Gasteiger partial charge is 0.255 e. The molecule has 4 N–H and O–H groups in total. The van der Waals surface area contributed by atoms with E-state index in [9.17, 15) is 20.1 Å². The van der Waals surface area contributed by atoms with Crippen molar-refractivity contribution in [2.45, 2.75) is 13.0 Å². The first kappa shape index (κ1) is 13.9. The average molecular weight is 273 g/mol. The zero-order valence-corrected chi connectivity index (χ0v) is 10.9. The van der Waals surface area contributed by atoms with Gasteiger partial charge in [-0.1, -0.05) is 12.1 Å². The highest BCUT2D eigenvalue weighted by molar-refractivity contribution is 6.04. The monoisotopic (exact) mass is 273 g/mol. The van der Waals surface area contributed by atoms with E-state index in [1.807, 2.05) is 0 Å². The predicted octanol–water partition coefficient (Wildman–Crippen LogP) is 2.40. The minimum absolute atomic E-state index is 0.155. The minimum Gasteiger partial charge on any atom is -0.508 e. The Morgan fingerprint density at radius 2 is 1.60 bits per heavy atom. The molecule has 2 rings (SSSR count). The van der Waals surface area contributed by atoms with Crippen LogP contribution in [0.3, 0.4) is 0 Å². The number of rotatable bonds is 3. The Morgan fingerprint density at radius 3 is 2.10 bits per heavy atom. The Labute approximate surface area is 116 Å². The lowest BCUT2D eigenvalue weighted by molar-refractivity contribution is 0.102. The van der Waals surface area contributed by atoms with E-state index in [4.69, 9.17) is 0 Å². The van der Waals surface area contributed by atoms with Crippen LogP contribution in [0.4, 0.5) is 5.69 Å². The van der Waals surface area contributed by atoms with Gasteiger partial charge in [-0.15, -0.1) is 0 Å². The molecule has 1 unspecified atom stereocenters. The largest absolute Gasteiger partial charge is 0.508 e. The van der Waals surface area contributed by atoms with Gasteiger partial charge in [-0.25, -0.2) is 0 Å². The molecule has 0 heterocycles. The van der Waals surface area contributed by atoms with Gasteiger partial charge in [-0.3, -0.25) is 4.79 Å². The van der Waals surface area contributed by atoms with E-state index in [1.165, 1.54) is 12.1 Å². The Kier molecular flexibility index (Phi) is 3.91. The number of benzene rings is 2. The fourth-order valence-electron chi connectivity index (χ4n) is 1.77. The third kappa shape index (κ3) is 3.27. The van der Waals surface area contributed by atoms with E-state index in [0.29, 0.717) is 5.69 Å². The molecule has 2 aromatic carbocycles. The topological polar surface area (TPSA) is 89.8 Å². The molecule has 5 heteroatoms. The molecule has 5 nitrogen and oxygen atoms in total. The SMILES string of the molecule is CC(O)c1ccc(NC(=O)c2cc(O)cc(O)c2)cc1. The van der Waals surface area contributed by atoms with Crippen molar-refractivity contribution in [2.75, 3.05) is 5.32 Å². The van der Waals surface area contributed by atoms with Crippen LogP contribution in [0.15, 0.2) is 42.5 Å². The van der Waals surface area contributed by atoms with Crippen molar-refractivity contribution in [2.24, 2.45) is 0 Å². The summed E-state index contributed by atoms with van der Waals surface area (Å²) in [5.41, 5.74) is 1.46. The van der Waals surface area contributed by atoms with Gasteiger partial charge in [0.2, 0.25) is 0 Å². The molecule has 104 valence electrons. The summed E-state index contributed by atoms with van der Waals surface area (Å²) in [4.78, 5) is 12.0. The molecule has 0 radical (unpaired) electrons. The van der Waals surface area contributed by atoms with Gasteiger partial charge in [0.15, 0.2) is 0 Å². The summed E-state index contributed by atoms with van der Waals surface area (Å²) in [5, 5.41) is 30.7. The second-order valence-electron chi connectivity index (χ2n) is 4.49. The van der Waals surface area contributed by atoms with Crippen molar-refractivity contribution in [3.05, 3.63) is 53.6 Å². The fourth-order valence-corrected chi connectivity index (χ4v) is 1.77. The van der Waals surface area contributed by atoms with Gasteiger partial charge >= 0.3 is 0 Å². The van der Waals surface area contributed by atoms with Gasteiger partial charge in [0, 0.05) is 17.3 Å². The molecule has 0 saturated heterocycles. The minimum atomic E-state index is -0.567. The molecule has 0 spiro atoms. The summed E-state index contributed by atoms with van der Waals surface area (Å²) < 4.78 is 0. The van der Waals surface area contributed by atoms with E-state index in [-0.39, 0.29) is 17.1 Å². The standard InChI is InChI=1S/C15H15NO4/c1-9(17)10-2-4-12(5-3-10)16-15(20)11-6-13(18)8-14(19)7-11/h2-9,17-19H,1H3,(H,16,20). The van der Waals surface area contributed by atoms with Crippen LogP contribution in [-0.2, 0) is 0 Å². The number of carbonyl (C=O) groups is 1. The number of aliphatic hydroxyl groups is 1. The van der Waals surface area contributed by atoms with E-state index >= 15 is 0 Å². The average Bonchev–Trinajstić information content (AvgIpc) is 2.38. The van der Waals surface area contributed by atoms with Crippen molar-refractivity contribution in [1.82, 2.24) is 0 Å². The predicted molar refractivity (Wildman–Crippen MR) is 74.8 cm³/mol. The van der Waals surface area contributed by atoms with Gasteiger partial charge in [0.25, 0.3) is 5.91 Å². The first-order chi connectivity index (χ1) is 9.45. The molecule has 0 bridgehead atoms. The maximum Gasteiger partial charge on any atom is 0.255 e. The number of carbonyl (C=O) groups excluding carboxylic acids is 1. The maximum atomic E-state index is 12.0. The molecular weight excluding hydrogens is 258 g/mol. The van der Waals surface area contributed by atoms with Gasteiger partial charge in [0.1, 0.15) is 11.5 Å². The van der Waals surface area contributed by atoms with E-state index < -0.39 is 12.0 Å². The summed E-state index contributed by atoms with van der Waals surface area (Å²) in [6.07, 6.45) is -0.567. The molecule has 0 aliphatic heterocycles. The van der Waals surface area contributed by atoms with Gasteiger partial charge in [-0.2, -0.15) is 0 Å². The molecule has 0 aliphatic carbocycles. The summed E-state index contributed by atoms with van der Waals surface area (Å²) >= 11 is 0. The highest BCUT2D eigenvalue weighted by Gasteiger charge is 2.09. The van der Waals surface area contributed by atoms with Crippen molar-refractivity contribution in [1.29, 1.82) is 0 Å². The molecule has 0 fully saturated rings. The number of amides is 1. The zero-order valence-electron chi connectivity index (χ0n) is 10.9. The molecule has 20 heavy (non-hydrogen) atoms. The number of phenols is 2. The molecule has 1 atom stereocenters. The van der Waals surface area contributed by atoms with Crippen LogP contribution in [-0.4, -0.2) is 21.2 Å². The molecule has 0 saturated carbocycles. The molecular formula is C15H15NO4. The van der Waals surface area contributed by atoms with Crippen LogP contribution in [0, 0.1) is 0 Å². The van der Waals surface area contributed by atoms with Gasteiger partial charge in [-0.05, 0) is 36.8 Å². The third-order valence-electron chi connectivity index (χ3n) is 2.82. The Morgan fingerprint density at radius 1 is 1.05 bits per heavy atom. The van der Waals surface area contributed by atoms with Crippen LogP contribution in [0.5, 0.6) is 11.5 Å². The lowest BCUT2D eigenvalue weighted by atomic mass is 10.1. The van der Waals surface area contributed by atoms with E-state index in [2.05, 4.69) is 5.32 Å². The second-order valence-corrected chi connectivity index (χ2v) is 4.49. The number of aliphatic hydroxyl groups excluding tert-OH is 1. The number of hydrogen-bond donors (Lipinski definition) is 4. The van der Waals surface area contributed by atoms with Crippen molar-refractivity contribution < 1.29 is 20.1 Å². The van der Waals surface area contributed by atoms with E-state index in [1.54, 1.807) is 31.2 Å². The van der Waals surface area contributed by atoms with Crippen LogP contribution in [0.2, 0.25) is 0 Å². The normalized spacial score (nSPS) is 11.9. The number of aromatic hydroxyl groups is 2. The molecule has 1 amide bonds. The van der Waals surface area contributed by atoms with Crippen LogP contribution in [0.1, 0.15) is 28.9 Å². The van der Waals surface area contributed by atoms with Crippen molar-refractivity contribution in [3.63, 3.8) is 0 Å².